The van der Waals surface area contributed by atoms with E-state index in [4.69, 9.17) is 0 Å². The number of rotatable bonds is 6. The second-order valence-corrected chi connectivity index (χ2v) is 7.00. The van der Waals surface area contributed by atoms with Crippen molar-refractivity contribution in [3.05, 3.63) is 53.3 Å². The van der Waals surface area contributed by atoms with Gasteiger partial charge in [0.1, 0.15) is 6.04 Å². The molecule has 1 aromatic carbocycles. The van der Waals surface area contributed by atoms with Crippen molar-refractivity contribution in [2.75, 3.05) is 0 Å². The first-order valence-corrected chi connectivity index (χ1v) is 8.39. The molecular formula is C19H25N3O3. The van der Waals surface area contributed by atoms with Crippen LogP contribution in [0.25, 0.3) is 0 Å². The number of aromatic nitrogens is 2. The van der Waals surface area contributed by atoms with Crippen LogP contribution in [0, 0.1) is 0 Å². The lowest BCUT2D eigenvalue weighted by Gasteiger charge is -2.22. The molecule has 0 aliphatic heterocycles. The van der Waals surface area contributed by atoms with Crippen molar-refractivity contribution in [3.63, 3.8) is 0 Å². The number of nitrogens with one attached hydrogen (secondary N) is 1. The number of benzene rings is 1. The smallest absolute Gasteiger partial charge is 0.326 e. The summed E-state index contributed by atoms with van der Waals surface area (Å²) < 4.78 is 1.81. The molecule has 0 spiro atoms. The Hall–Kier alpha value is -2.63. The van der Waals surface area contributed by atoms with Gasteiger partial charge in [-0.3, -0.25) is 9.48 Å². The van der Waals surface area contributed by atoms with Crippen LogP contribution < -0.4 is 5.32 Å². The zero-order valence-electron chi connectivity index (χ0n) is 15.1. The molecule has 6 nitrogen and oxygen atoms in total. The molecule has 0 radical (unpaired) electrons. The van der Waals surface area contributed by atoms with Crippen LogP contribution in [0.3, 0.4) is 0 Å². The molecule has 2 aromatic rings. The topological polar surface area (TPSA) is 84.2 Å². The predicted molar refractivity (Wildman–Crippen MR) is 95.6 cm³/mol. The first-order valence-electron chi connectivity index (χ1n) is 8.39. The van der Waals surface area contributed by atoms with Gasteiger partial charge < -0.3 is 10.4 Å². The minimum Gasteiger partial charge on any atom is -0.480 e. The molecule has 0 fully saturated rings. The molecule has 1 atom stereocenters. The van der Waals surface area contributed by atoms with Crippen molar-refractivity contribution in [1.29, 1.82) is 0 Å². The summed E-state index contributed by atoms with van der Waals surface area (Å²) in [5.74, 6) is -1.46. The van der Waals surface area contributed by atoms with E-state index in [0.717, 1.165) is 11.3 Å². The first-order chi connectivity index (χ1) is 11.7. The third kappa shape index (κ3) is 4.47. The summed E-state index contributed by atoms with van der Waals surface area (Å²) in [7, 11) is 0. The minimum absolute atomic E-state index is 0.233. The quantitative estimate of drug-likeness (QED) is 0.844. The van der Waals surface area contributed by atoms with Crippen LogP contribution >= 0.6 is 0 Å². The van der Waals surface area contributed by atoms with Gasteiger partial charge in [0.2, 0.25) is 0 Å². The fourth-order valence-electron chi connectivity index (χ4n) is 2.77. The Morgan fingerprint density at radius 2 is 1.88 bits per heavy atom. The van der Waals surface area contributed by atoms with Crippen LogP contribution in [0.2, 0.25) is 0 Å². The monoisotopic (exact) mass is 343 g/mol. The summed E-state index contributed by atoms with van der Waals surface area (Å²) in [4.78, 5) is 24.2. The van der Waals surface area contributed by atoms with Crippen molar-refractivity contribution < 1.29 is 14.7 Å². The highest BCUT2D eigenvalue weighted by atomic mass is 16.4. The molecule has 2 N–H and O–H groups in total. The molecule has 1 unspecified atom stereocenters. The molecular weight excluding hydrogens is 318 g/mol. The van der Waals surface area contributed by atoms with Gasteiger partial charge in [0.05, 0.1) is 23.0 Å². The molecule has 25 heavy (non-hydrogen) atoms. The van der Waals surface area contributed by atoms with Crippen molar-refractivity contribution in [3.8, 4) is 0 Å². The number of carbonyl (C=O) groups is 2. The van der Waals surface area contributed by atoms with Gasteiger partial charge in [-0.25, -0.2) is 4.79 Å². The average Bonchev–Trinajstić information content (AvgIpc) is 2.99. The highest BCUT2D eigenvalue weighted by Gasteiger charge is 2.26. The van der Waals surface area contributed by atoms with Crippen molar-refractivity contribution >= 4 is 11.9 Å². The van der Waals surface area contributed by atoms with E-state index < -0.39 is 17.9 Å². The minimum atomic E-state index is -1.06. The number of carboxylic acid groups (broad SMARTS) is 1. The van der Waals surface area contributed by atoms with E-state index in [9.17, 15) is 14.7 Å². The highest BCUT2D eigenvalue weighted by Crippen LogP contribution is 2.20. The lowest BCUT2D eigenvalue weighted by Crippen LogP contribution is -2.42. The number of amides is 1. The second kappa shape index (κ2) is 7.51. The Morgan fingerprint density at radius 1 is 1.24 bits per heavy atom. The van der Waals surface area contributed by atoms with E-state index in [-0.39, 0.29) is 12.0 Å². The fraction of sp³-hybridized carbons (Fsp3) is 0.421. The number of hydrogen-bond donors (Lipinski definition) is 2. The molecule has 1 aromatic heterocycles. The average molecular weight is 343 g/mol. The summed E-state index contributed by atoms with van der Waals surface area (Å²) in [6, 6.07) is 8.26. The van der Waals surface area contributed by atoms with Gasteiger partial charge in [-0.2, -0.15) is 5.10 Å². The van der Waals surface area contributed by atoms with Crippen molar-refractivity contribution in [2.24, 2.45) is 0 Å². The van der Waals surface area contributed by atoms with E-state index >= 15 is 0 Å². The molecule has 0 saturated carbocycles. The number of carbonyl (C=O) groups excluding carboxylic acids is 1. The van der Waals surface area contributed by atoms with Gasteiger partial charge >= 0.3 is 5.97 Å². The highest BCUT2D eigenvalue weighted by molar-refractivity contribution is 5.97. The third-order valence-corrected chi connectivity index (χ3v) is 3.97. The lowest BCUT2D eigenvalue weighted by molar-refractivity contribution is -0.139. The predicted octanol–water partition coefficient (Wildman–Crippen LogP) is 2.63. The summed E-state index contributed by atoms with van der Waals surface area (Å²) in [5.41, 5.74) is 1.84. The largest absolute Gasteiger partial charge is 0.480 e. The van der Waals surface area contributed by atoms with Crippen molar-refractivity contribution in [1.82, 2.24) is 15.1 Å². The molecule has 134 valence electrons. The van der Waals surface area contributed by atoms with Crippen LogP contribution in [-0.2, 0) is 23.2 Å². The molecule has 2 rings (SSSR count). The van der Waals surface area contributed by atoms with Gasteiger partial charge in [-0.05, 0) is 32.8 Å². The van der Waals surface area contributed by atoms with Crippen molar-refractivity contribution in [2.45, 2.75) is 52.1 Å². The van der Waals surface area contributed by atoms with E-state index in [0.29, 0.717) is 12.0 Å². The van der Waals surface area contributed by atoms with Gasteiger partial charge in [-0.1, -0.05) is 37.3 Å². The SMILES string of the molecule is CCc1c(C(=O)NC(Cc2ccccc2)C(=O)O)cnn1C(C)(C)C. The van der Waals surface area contributed by atoms with Crippen LogP contribution in [0.4, 0.5) is 0 Å². The maximum atomic E-state index is 12.6. The maximum Gasteiger partial charge on any atom is 0.326 e. The van der Waals surface area contributed by atoms with Gasteiger partial charge in [-0.15, -0.1) is 0 Å². The molecule has 0 aliphatic rings. The summed E-state index contributed by atoms with van der Waals surface area (Å²) in [6.45, 7) is 7.98. The van der Waals surface area contributed by atoms with E-state index in [1.165, 1.54) is 6.20 Å². The molecule has 6 heteroatoms. The molecule has 0 saturated heterocycles. The Balaban J connectivity index is 2.22. The summed E-state index contributed by atoms with van der Waals surface area (Å²) in [6.07, 6.45) is 2.38. The van der Waals surface area contributed by atoms with E-state index in [1.807, 2.05) is 62.7 Å². The van der Waals surface area contributed by atoms with Crippen LogP contribution in [0.1, 0.15) is 49.3 Å². The Bertz CT molecular complexity index is 745. The van der Waals surface area contributed by atoms with Gasteiger partial charge in [0, 0.05) is 6.42 Å². The zero-order valence-corrected chi connectivity index (χ0v) is 15.1. The Labute approximate surface area is 147 Å². The Kier molecular flexibility index (Phi) is 5.62. The number of nitrogens with zero attached hydrogens (tertiary/aromatic N) is 2. The second-order valence-electron chi connectivity index (χ2n) is 7.00. The number of aliphatic carboxylic acids is 1. The summed E-state index contributed by atoms with van der Waals surface area (Å²) in [5, 5.41) is 16.4. The molecule has 0 bridgehead atoms. The number of hydrogen-bond acceptors (Lipinski definition) is 3. The van der Waals surface area contributed by atoms with E-state index in [1.54, 1.807) is 0 Å². The normalized spacial score (nSPS) is 12.6. The zero-order chi connectivity index (χ0) is 18.6. The summed E-state index contributed by atoms with van der Waals surface area (Å²) >= 11 is 0. The maximum absolute atomic E-state index is 12.6. The fourth-order valence-corrected chi connectivity index (χ4v) is 2.77. The van der Waals surface area contributed by atoms with Crippen LogP contribution in [0.15, 0.2) is 36.5 Å². The molecule has 1 amide bonds. The number of carboxylic acids is 1. The molecule has 1 heterocycles. The lowest BCUT2D eigenvalue weighted by atomic mass is 10.0. The first kappa shape index (κ1) is 18.7. The third-order valence-electron chi connectivity index (χ3n) is 3.97. The van der Waals surface area contributed by atoms with Crippen LogP contribution in [-0.4, -0.2) is 32.8 Å². The van der Waals surface area contributed by atoms with Gasteiger partial charge in [0.15, 0.2) is 0 Å². The van der Waals surface area contributed by atoms with E-state index in [2.05, 4.69) is 10.4 Å². The Morgan fingerprint density at radius 3 is 2.40 bits per heavy atom. The standard InChI is InChI=1S/C19H25N3O3/c1-5-16-14(12-20-22(16)19(2,3)4)17(23)21-15(18(24)25)11-13-9-7-6-8-10-13/h6-10,12,15H,5,11H2,1-4H3,(H,21,23)(H,24,25). The van der Waals surface area contributed by atoms with Gasteiger partial charge in [0.25, 0.3) is 5.91 Å². The van der Waals surface area contributed by atoms with Crippen LogP contribution in [0.5, 0.6) is 0 Å². The molecule has 0 aliphatic carbocycles.